The fourth-order valence-corrected chi connectivity index (χ4v) is 2.84. The molecule has 0 saturated heterocycles. The first-order valence-electron chi connectivity index (χ1n) is 6.16. The number of aromatic hydroxyl groups is 2. The molecular formula is C15H14ClNO2. The number of rotatable bonds is 1. The zero-order valence-electron chi connectivity index (χ0n) is 10.2. The van der Waals surface area contributed by atoms with Crippen molar-refractivity contribution < 1.29 is 10.2 Å². The molecule has 0 saturated carbocycles. The number of phenolic OH excluding ortho intramolecular Hbond substituents is 2. The molecule has 1 aliphatic heterocycles. The first kappa shape index (κ1) is 12.3. The predicted octanol–water partition coefficient (Wildman–Crippen LogP) is 2.99. The summed E-state index contributed by atoms with van der Waals surface area (Å²) in [5.41, 5.74) is 3.25. The number of fused-ring (bicyclic) bond motifs is 1. The molecule has 0 aromatic heterocycles. The van der Waals surface area contributed by atoms with Crippen molar-refractivity contribution in [3.05, 3.63) is 58.1 Å². The molecule has 1 unspecified atom stereocenters. The molecule has 98 valence electrons. The molecule has 3 N–H and O–H groups in total. The molecule has 2 aromatic rings. The van der Waals surface area contributed by atoms with Crippen LogP contribution in [0.3, 0.4) is 0 Å². The molecule has 2 aromatic carbocycles. The van der Waals surface area contributed by atoms with Crippen molar-refractivity contribution in [2.24, 2.45) is 0 Å². The Bertz CT molecular complexity index is 628. The summed E-state index contributed by atoms with van der Waals surface area (Å²) in [5.74, 6) is -0.0561. The summed E-state index contributed by atoms with van der Waals surface area (Å²) in [6.45, 7) is 1.55. The van der Waals surface area contributed by atoms with E-state index in [1.807, 2.05) is 18.2 Å². The predicted molar refractivity (Wildman–Crippen MR) is 74.8 cm³/mol. The van der Waals surface area contributed by atoms with E-state index in [2.05, 4.69) is 11.4 Å². The highest BCUT2D eigenvalue weighted by Gasteiger charge is 2.23. The van der Waals surface area contributed by atoms with Crippen LogP contribution in [0, 0.1) is 0 Å². The van der Waals surface area contributed by atoms with Gasteiger partial charge in [0.25, 0.3) is 0 Å². The van der Waals surface area contributed by atoms with E-state index in [0.717, 1.165) is 29.2 Å². The molecule has 0 spiro atoms. The van der Waals surface area contributed by atoms with Gasteiger partial charge in [-0.05, 0) is 34.9 Å². The summed E-state index contributed by atoms with van der Waals surface area (Å²) in [7, 11) is 0. The topological polar surface area (TPSA) is 52.5 Å². The van der Waals surface area contributed by atoms with E-state index in [4.69, 9.17) is 11.6 Å². The second kappa shape index (κ2) is 4.76. The van der Waals surface area contributed by atoms with Crippen molar-refractivity contribution in [1.29, 1.82) is 0 Å². The van der Waals surface area contributed by atoms with Gasteiger partial charge in [0.15, 0.2) is 11.5 Å². The Kier molecular flexibility index (Phi) is 3.09. The van der Waals surface area contributed by atoms with E-state index in [1.165, 1.54) is 11.6 Å². The molecule has 1 atom stereocenters. The van der Waals surface area contributed by atoms with E-state index in [-0.39, 0.29) is 17.4 Å². The van der Waals surface area contributed by atoms with Gasteiger partial charge >= 0.3 is 0 Å². The summed E-state index contributed by atoms with van der Waals surface area (Å²) in [4.78, 5) is 0. The van der Waals surface area contributed by atoms with Crippen LogP contribution in [-0.4, -0.2) is 16.8 Å². The number of nitrogens with one attached hydrogen (secondary N) is 1. The average molecular weight is 276 g/mol. The maximum atomic E-state index is 9.64. The van der Waals surface area contributed by atoms with Crippen LogP contribution in [0.2, 0.25) is 5.02 Å². The molecule has 3 nitrogen and oxygen atoms in total. The fraction of sp³-hybridized carbons (Fsp3) is 0.200. The average Bonchev–Trinajstić information content (AvgIpc) is 2.42. The van der Waals surface area contributed by atoms with Gasteiger partial charge in [-0.3, -0.25) is 0 Å². The Morgan fingerprint density at radius 1 is 1.11 bits per heavy atom. The quantitative estimate of drug-likeness (QED) is 0.702. The largest absolute Gasteiger partial charge is 0.504 e. The normalized spacial score (nSPS) is 18.1. The number of benzene rings is 2. The Morgan fingerprint density at radius 2 is 1.95 bits per heavy atom. The Morgan fingerprint density at radius 3 is 2.74 bits per heavy atom. The molecule has 19 heavy (non-hydrogen) atoms. The minimum atomic E-state index is -0.0983. The molecule has 0 bridgehead atoms. The van der Waals surface area contributed by atoms with Gasteiger partial charge in [-0.25, -0.2) is 0 Å². The lowest BCUT2D eigenvalue weighted by atomic mass is 9.85. The van der Waals surface area contributed by atoms with Crippen molar-refractivity contribution in [2.45, 2.75) is 12.5 Å². The Hall–Kier alpha value is -1.71. The van der Waals surface area contributed by atoms with Gasteiger partial charge in [0.1, 0.15) is 0 Å². The zero-order chi connectivity index (χ0) is 13.4. The molecule has 0 aliphatic carbocycles. The first-order chi connectivity index (χ1) is 9.16. The third kappa shape index (κ3) is 2.15. The van der Waals surface area contributed by atoms with Gasteiger partial charge in [0.2, 0.25) is 0 Å². The van der Waals surface area contributed by atoms with E-state index < -0.39 is 0 Å². The Balaban J connectivity index is 2.08. The molecule has 1 aliphatic rings. The standard InChI is InChI=1S/C15H14ClNO2/c16-13-3-1-2-10-11(7-17-8-12(10)13)9-4-5-14(18)15(19)6-9/h1-6,11,17-19H,7-8H2. The summed E-state index contributed by atoms with van der Waals surface area (Å²) >= 11 is 6.22. The highest BCUT2D eigenvalue weighted by Crippen LogP contribution is 2.36. The van der Waals surface area contributed by atoms with Crippen LogP contribution < -0.4 is 5.32 Å². The molecule has 0 radical (unpaired) electrons. The number of phenols is 2. The molecule has 1 heterocycles. The van der Waals surface area contributed by atoms with Crippen molar-refractivity contribution in [1.82, 2.24) is 5.32 Å². The van der Waals surface area contributed by atoms with Crippen molar-refractivity contribution >= 4 is 11.6 Å². The number of halogens is 1. The zero-order valence-corrected chi connectivity index (χ0v) is 11.0. The highest BCUT2D eigenvalue weighted by molar-refractivity contribution is 6.31. The second-order valence-electron chi connectivity index (χ2n) is 4.74. The van der Waals surface area contributed by atoms with Gasteiger partial charge < -0.3 is 15.5 Å². The third-order valence-electron chi connectivity index (χ3n) is 3.58. The van der Waals surface area contributed by atoms with Gasteiger partial charge in [-0.15, -0.1) is 0 Å². The molecule has 0 amide bonds. The van der Waals surface area contributed by atoms with Crippen molar-refractivity contribution in [3.63, 3.8) is 0 Å². The Labute approximate surface area is 116 Å². The van der Waals surface area contributed by atoms with Crippen LogP contribution in [0.1, 0.15) is 22.6 Å². The molecule has 4 heteroatoms. The monoisotopic (exact) mass is 275 g/mol. The van der Waals surface area contributed by atoms with E-state index in [1.54, 1.807) is 6.07 Å². The number of hydrogen-bond donors (Lipinski definition) is 3. The minimum Gasteiger partial charge on any atom is -0.504 e. The van der Waals surface area contributed by atoms with Gasteiger partial charge in [-0.1, -0.05) is 29.8 Å². The smallest absolute Gasteiger partial charge is 0.157 e. The highest BCUT2D eigenvalue weighted by atomic mass is 35.5. The van der Waals surface area contributed by atoms with Crippen LogP contribution in [0.25, 0.3) is 0 Å². The van der Waals surface area contributed by atoms with Crippen LogP contribution in [-0.2, 0) is 6.54 Å². The molecule has 0 fully saturated rings. The summed E-state index contributed by atoms with van der Waals surface area (Å²) in [6, 6.07) is 10.9. The number of hydrogen-bond acceptors (Lipinski definition) is 3. The van der Waals surface area contributed by atoms with E-state index >= 15 is 0 Å². The minimum absolute atomic E-state index is 0.0911. The van der Waals surface area contributed by atoms with E-state index in [0.29, 0.717) is 0 Å². The molecule has 3 rings (SSSR count). The maximum absolute atomic E-state index is 9.64. The van der Waals surface area contributed by atoms with E-state index in [9.17, 15) is 10.2 Å². The molecular weight excluding hydrogens is 262 g/mol. The fourth-order valence-electron chi connectivity index (χ4n) is 2.59. The maximum Gasteiger partial charge on any atom is 0.157 e. The van der Waals surface area contributed by atoms with Gasteiger partial charge in [-0.2, -0.15) is 0 Å². The van der Waals surface area contributed by atoms with Crippen LogP contribution in [0.4, 0.5) is 0 Å². The van der Waals surface area contributed by atoms with Gasteiger partial charge in [0.05, 0.1) is 0 Å². The van der Waals surface area contributed by atoms with Crippen LogP contribution >= 0.6 is 11.6 Å². The second-order valence-corrected chi connectivity index (χ2v) is 5.15. The SMILES string of the molecule is Oc1ccc(C2CNCc3c(Cl)cccc32)cc1O. The lowest BCUT2D eigenvalue weighted by molar-refractivity contribution is 0.402. The summed E-state index contributed by atoms with van der Waals surface area (Å²) < 4.78 is 0. The summed E-state index contributed by atoms with van der Waals surface area (Å²) in [5, 5.41) is 23.1. The van der Waals surface area contributed by atoms with Crippen molar-refractivity contribution in [2.75, 3.05) is 6.54 Å². The lowest BCUT2D eigenvalue weighted by Gasteiger charge is -2.27. The van der Waals surface area contributed by atoms with Crippen LogP contribution in [0.5, 0.6) is 11.5 Å². The van der Waals surface area contributed by atoms with Crippen LogP contribution in [0.15, 0.2) is 36.4 Å². The van der Waals surface area contributed by atoms with Crippen molar-refractivity contribution in [3.8, 4) is 11.5 Å². The van der Waals surface area contributed by atoms with Gasteiger partial charge in [0, 0.05) is 24.0 Å². The third-order valence-corrected chi connectivity index (χ3v) is 3.94. The first-order valence-corrected chi connectivity index (χ1v) is 6.54. The lowest BCUT2D eigenvalue weighted by Crippen LogP contribution is -2.29. The summed E-state index contributed by atoms with van der Waals surface area (Å²) in [6.07, 6.45) is 0.